The molecule has 20 heavy (non-hydrogen) atoms. The molecule has 0 aliphatic rings. The number of hydrogen-bond donors (Lipinski definition) is 3. The summed E-state index contributed by atoms with van der Waals surface area (Å²) >= 11 is 0. The molecule has 1 aromatic carbocycles. The van der Waals surface area contributed by atoms with Crippen molar-refractivity contribution in [2.24, 2.45) is 5.84 Å². The van der Waals surface area contributed by atoms with Gasteiger partial charge in [0.05, 0.1) is 11.3 Å². The number of halogens is 3. The van der Waals surface area contributed by atoms with Crippen LogP contribution in [-0.4, -0.2) is 23.6 Å². The minimum Gasteiger partial charge on any atom is -0.352 e. The summed E-state index contributed by atoms with van der Waals surface area (Å²) in [7, 11) is 0. The quantitative estimate of drug-likeness (QED) is 0.433. The lowest BCUT2D eigenvalue weighted by molar-refractivity contribution is -0.384. The van der Waals surface area contributed by atoms with E-state index in [4.69, 9.17) is 5.84 Å². The van der Waals surface area contributed by atoms with Crippen molar-refractivity contribution in [1.29, 1.82) is 0 Å². The molecule has 0 radical (unpaired) electrons. The highest BCUT2D eigenvalue weighted by Gasteiger charge is 2.26. The van der Waals surface area contributed by atoms with Crippen LogP contribution in [0.1, 0.15) is 16.8 Å². The molecule has 0 atom stereocenters. The second-order valence-corrected chi connectivity index (χ2v) is 3.75. The topological polar surface area (TPSA) is 110 Å². The molecule has 0 bridgehead atoms. The van der Waals surface area contributed by atoms with Gasteiger partial charge in [-0.15, -0.1) is 0 Å². The Balaban J connectivity index is 2.77. The molecule has 1 rings (SSSR count). The zero-order valence-electron chi connectivity index (χ0n) is 10.0. The predicted molar refractivity (Wildman–Crippen MR) is 63.9 cm³/mol. The van der Waals surface area contributed by atoms with Gasteiger partial charge >= 0.3 is 6.18 Å². The highest BCUT2D eigenvalue weighted by molar-refractivity contribution is 5.95. The second-order valence-electron chi connectivity index (χ2n) is 3.75. The fraction of sp³-hybridized carbons (Fsp3) is 0.300. The van der Waals surface area contributed by atoms with Crippen molar-refractivity contribution in [3.63, 3.8) is 0 Å². The zero-order chi connectivity index (χ0) is 15.3. The minimum absolute atomic E-state index is 0.0364. The first kappa shape index (κ1) is 15.7. The third-order valence-corrected chi connectivity index (χ3v) is 2.30. The summed E-state index contributed by atoms with van der Waals surface area (Å²) in [6.07, 6.45) is -5.53. The number of nitro benzene ring substituents is 1. The molecule has 0 aromatic heterocycles. The summed E-state index contributed by atoms with van der Waals surface area (Å²) in [5.41, 5.74) is 1.55. The van der Waals surface area contributed by atoms with E-state index in [9.17, 15) is 28.1 Å². The fourth-order valence-electron chi connectivity index (χ4n) is 1.37. The molecule has 7 nitrogen and oxygen atoms in total. The summed E-state index contributed by atoms with van der Waals surface area (Å²) in [6, 6.07) is 3.25. The number of rotatable bonds is 5. The van der Waals surface area contributed by atoms with Gasteiger partial charge in [-0.1, -0.05) is 0 Å². The van der Waals surface area contributed by atoms with Crippen LogP contribution < -0.4 is 16.6 Å². The Morgan fingerprint density at radius 3 is 2.55 bits per heavy atom. The molecule has 0 saturated carbocycles. The van der Waals surface area contributed by atoms with Crippen molar-refractivity contribution in [2.45, 2.75) is 12.6 Å². The first-order valence-corrected chi connectivity index (χ1v) is 5.34. The van der Waals surface area contributed by atoms with Crippen LogP contribution in [0, 0.1) is 10.1 Å². The molecular formula is C10H11F3N4O3. The molecule has 1 aromatic rings. The number of benzene rings is 1. The van der Waals surface area contributed by atoms with E-state index < -0.39 is 30.0 Å². The van der Waals surface area contributed by atoms with Gasteiger partial charge in [0.15, 0.2) is 0 Å². The summed E-state index contributed by atoms with van der Waals surface area (Å²) in [5.74, 6) is 4.30. The minimum atomic E-state index is -4.37. The summed E-state index contributed by atoms with van der Waals surface area (Å²) in [4.78, 5) is 21.5. The fourth-order valence-corrected chi connectivity index (χ4v) is 1.37. The van der Waals surface area contributed by atoms with Crippen LogP contribution in [0.15, 0.2) is 18.2 Å². The van der Waals surface area contributed by atoms with E-state index in [2.05, 4.69) is 10.7 Å². The number of anilines is 1. The molecule has 10 heteroatoms. The summed E-state index contributed by atoms with van der Waals surface area (Å²) in [5, 5.41) is 12.7. The number of amides is 1. The molecule has 4 N–H and O–H groups in total. The van der Waals surface area contributed by atoms with E-state index >= 15 is 0 Å². The van der Waals surface area contributed by atoms with E-state index in [1.54, 1.807) is 0 Å². The van der Waals surface area contributed by atoms with Gasteiger partial charge in [-0.2, -0.15) is 13.2 Å². The number of nitro groups is 1. The second kappa shape index (κ2) is 6.19. The van der Waals surface area contributed by atoms with Gasteiger partial charge in [0, 0.05) is 18.2 Å². The van der Waals surface area contributed by atoms with Gasteiger partial charge in [0.2, 0.25) is 0 Å². The molecule has 110 valence electrons. The Morgan fingerprint density at radius 2 is 2.05 bits per heavy atom. The number of nitrogens with one attached hydrogen (secondary N) is 2. The van der Waals surface area contributed by atoms with Gasteiger partial charge in [-0.3, -0.25) is 20.8 Å². The first-order valence-electron chi connectivity index (χ1n) is 5.34. The van der Waals surface area contributed by atoms with Crippen LogP contribution >= 0.6 is 0 Å². The highest BCUT2D eigenvalue weighted by Crippen LogP contribution is 2.24. The number of nitrogens with zero attached hydrogens (tertiary/aromatic N) is 1. The van der Waals surface area contributed by atoms with Crippen molar-refractivity contribution in [1.82, 2.24) is 5.32 Å². The van der Waals surface area contributed by atoms with Gasteiger partial charge in [0.1, 0.15) is 5.69 Å². The maximum absolute atomic E-state index is 11.9. The Morgan fingerprint density at radius 1 is 1.40 bits per heavy atom. The van der Waals surface area contributed by atoms with E-state index in [1.807, 2.05) is 0 Å². The van der Waals surface area contributed by atoms with E-state index in [1.165, 1.54) is 0 Å². The third-order valence-electron chi connectivity index (χ3n) is 2.30. The van der Waals surface area contributed by atoms with Crippen molar-refractivity contribution >= 4 is 17.3 Å². The molecular weight excluding hydrogens is 281 g/mol. The monoisotopic (exact) mass is 292 g/mol. The SMILES string of the molecule is NNc1cc(C(=O)NCCC(F)(F)F)ccc1[N+](=O)[O-]. The lowest BCUT2D eigenvalue weighted by Crippen LogP contribution is -2.28. The number of carbonyl (C=O) groups is 1. The van der Waals surface area contributed by atoms with Crippen LogP contribution in [0.4, 0.5) is 24.5 Å². The van der Waals surface area contributed by atoms with Crippen LogP contribution in [0.2, 0.25) is 0 Å². The number of nitrogen functional groups attached to an aromatic ring is 1. The van der Waals surface area contributed by atoms with Crippen molar-refractivity contribution in [3.8, 4) is 0 Å². The van der Waals surface area contributed by atoms with Crippen molar-refractivity contribution in [3.05, 3.63) is 33.9 Å². The van der Waals surface area contributed by atoms with E-state index in [-0.39, 0.29) is 16.9 Å². The number of nitrogens with two attached hydrogens (primary N) is 1. The molecule has 0 aliphatic carbocycles. The average Bonchev–Trinajstić information content (AvgIpc) is 2.36. The average molecular weight is 292 g/mol. The molecule has 0 fully saturated rings. The Kier molecular flexibility index (Phi) is 4.86. The predicted octanol–water partition coefficient (Wildman–Crippen LogP) is 1.56. The Labute approximate surface area is 111 Å². The van der Waals surface area contributed by atoms with Crippen LogP contribution in [0.3, 0.4) is 0 Å². The van der Waals surface area contributed by atoms with E-state index in [0.717, 1.165) is 18.2 Å². The van der Waals surface area contributed by atoms with Crippen LogP contribution in [-0.2, 0) is 0 Å². The summed E-state index contributed by atoms with van der Waals surface area (Å²) < 4.78 is 35.7. The van der Waals surface area contributed by atoms with Crippen LogP contribution in [0.25, 0.3) is 0 Å². The number of alkyl halides is 3. The first-order chi connectivity index (χ1) is 9.24. The largest absolute Gasteiger partial charge is 0.390 e. The van der Waals surface area contributed by atoms with Gasteiger partial charge < -0.3 is 10.7 Å². The molecule has 0 aliphatic heterocycles. The lowest BCUT2D eigenvalue weighted by atomic mass is 10.1. The normalized spacial score (nSPS) is 11.0. The Bertz CT molecular complexity index is 519. The third kappa shape index (κ3) is 4.39. The van der Waals surface area contributed by atoms with Crippen molar-refractivity contribution < 1.29 is 22.9 Å². The smallest absolute Gasteiger partial charge is 0.352 e. The number of hydrogen-bond acceptors (Lipinski definition) is 5. The number of carbonyl (C=O) groups excluding carboxylic acids is 1. The summed E-state index contributed by atoms with van der Waals surface area (Å²) in [6.45, 7) is -0.579. The molecule has 1 amide bonds. The van der Waals surface area contributed by atoms with Gasteiger partial charge in [-0.25, -0.2) is 0 Å². The number of hydrazine groups is 1. The molecule has 0 heterocycles. The van der Waals surface area contributed by atoms with Gasteiger partial charge in [-0.05, 0) is 12.1 Å². The Hall–Kier alpha value is -2.36. The molecule has 0 spiro atoms. The van der Waals surface area contributed by atoms with Gasteiger partial charge in [0.25, 0.3) is 11.6 Å². The lowest BCUT2D eigenvalue weighted by Gasteiger charge is -2.09. The maximum atomic E-state index is 11.9. The van der Waals surface area contributed by atoms with Crippen LogP contribution in [0.5, 0.6) is 0 Å². The highest BCUT2D eigenvalue weighted by atomic mass is 19.4. The zero-order valence-corrected chi connectivity index (χ0v) is 10.0. The van der Waals surface area contributed by atoms with E-state index in [0.29, 0.717) is 0 Å². The standard InChI is InChI=1S/C10H11F3N4O3/c11-10(12,13)3-4-15-9(18)6-1-2-8(17(19)20)7(5-6)16-14/h1-2,5,16H,3-4,14H2,(H,15,18). The maximum Gasteiger partial charge on any atom is 0.390 e. The molecule has 0 saturated heterocycles. The molecule has 0 unspecified atom stereocenters. The van der Waals surface area contributed by atoms with Crippen molar-refractivity contribution in [2.75, 3.05) is 12.0 Å².